The summed E-state index contributed by atoms with van der Waals surface area (Å²) >= 11 is 0. The van der Waals surface area contributed by atoms with E-state index in [9.17, 15) is 24.6 Å². The number of rotatable bonds is 4. The fourth-order valence-corrected chi connectivity index (χ4v) is 0.445. The van der Waals surface area contributed by atoms with Gasteiger partial charge in [0.1, 0.15) is 5.97 Å². The third-order valence-electron chi connectivity index (χ3n) is 1.12. The average Bonchev–Trinajstić information content (AvgIpc) is 1.87. The van der Waals surface area contributed by atoms with Crippen LogP contribution in [0.5, 0.6) is 0 Å². The van der Waals surface area contributed by atoms with Crippen LogP contribution in [0.4, 0.5) is 0 Å². The number of Topliss-reactive ketones (excluding diaryl/α,β-unsaturated/α-hetero) is 1. The van der Waals surface area contributed by atoms with Crippen molar-refractivity contribution < 1.29 is 62.3 Å². The van der Waals surface area contributed by atoms with E-state index < -0.39 is 30.1 Å². The van der Waals surface area contributed by atoms with Gasteiger partial charge in [-0.25, -0.2) is 0 Å². The molecule has 0 aromatic heterocycles. The van der Waals surface area contributed by atoms with E-state index in [1.165, 1.54) is 6.92 Å². The van der Waals surface area contributed by atoms with Gasteiger partial charge < -0.3 is 19.8 Å². The molecule has 0 N–H and O–H groups in total. The molecule has 0 aliphatic rings. The second kappa shape index (κ2) is 8.41. The largest absolute Gasteiger partial charge is 1.00 e. The second-order valence-corrected chi connectivity index (χ2v) is 2.13. The maximum absolute atomic E-state index is 10.3. The molecule has 0 bridgehead atoms. The van der Waals surface area contributed by atoms with Crippen molar-refractivity contribution in [3.05, 3.63) is 0 Å². The van der Waals surface area contributed by atoms with Gasteiger partial charge in [0.25, 0.3) is 0 Å². The molecule has 0 saturated carbocycles. The molecule has 0 rings (SSSR count). The number of carboxylic acid groups (broad SMARTS) is 2. The van der Waals surface area contributed by atoms with Gasteiger partial charge in [-0.1, -0.05) is 6.92 Å². The summed E-state index contributed by atoms with van der Waals surface area (Å²) in [6, 6.07) is 0. The Kier molecular flexibility index (Phi) is 12.0. The monoisotopic (exact) mass is 172 g/mol. The molecule has 1 atom stereocenters. The first kappa shape index (κ1) is 18.6. The van der Waals surface area contributed by atoms with Crippen LogP contribution in [-0.2, 0) is 14.4 Å². The smallest absolute Gasteiger partial charge is 0.550 e. The number of ketones is 1. The predicted octanol–water partition coefficient (Wildman–Crippen LogP) is -8.91. The molecule has 0 aromatic rings. The van der Waals surface area contributed by atoms with Crippen molar-refractivity contribution in [3.8, 4) is 0 Å². The van der Waals surface area contributed by atoms with Crippen LogP contribution in [0.1, 0.15) is 13.3 Å². The number of carbonyl (C=O) groups is 3. The Hall–Kier alpha value is -0.195. The summed E-state index contributed by atoms with van der Waals surface area (Å²) < 4.78 is 0. The molecule has 0 fully saturated rings. The first-order valence-electron chi connectivity index (χ1n) is 2.90. The number of aliphatic carboxylic acids is 2. The van der Waals surface area contributed by atoms with Gasteiger partial charge in [0.2, 0.25) is 0 Å². The number of carbonyl (C=O) groups excluding carboxylic acids is 3. The molecule has 0 heterocycles. The first-order valence-corrected chi connectivity index (χ1v) is 2.90. The predicted molar refractivity (Wildman–Crippen MR) is 28.8 cm³/mol. The van der Waals surface area contributed by atoms with Crippen molar-refractivity contribution in [2.75, 3.05) is 0 Å². The molecule has 5 nitrogen and oxygen atoms in total. The molecule has 0 aliphatic carbocycles. The van der Waals surface area contributed by atoms with Crippen LogP contribution in [0.25, 0.3) is 0 Å². The zero-order valence-corrected chi connectivity index (χ0v) is 7.83. The van der Waals surface area contributed by atoms with Crippen LogP contribution < -0.4 is 47.9 Å². The SMILES string of the molecule is C[C@@H](CC(=O)C(=O)[O-])C(=O)[O-].[Li+].[Li+]. The van der Waals surface area contributed by atoms with Crippen LogP contribution in [0.3, 0.4) is 0 Å². The molecular weight excluding hydrogens is 166 g/mol. The minimum atomic E-state index is -1.86. The zero-order chi connectivity index (χ0) is 9.02. The summed E-state index contributed by atoms with van der Waals surface area (Å²) in [6.07, 6.45) is -0.579. The molecule has 0 amide bonds. The van der Waals surface area contributed by atoms with Crippen molar-refractivity contribution >= 4 is 17.7 Å². The molecule has 0 saturated heterocycles. The Morgan fingerprint density at radius 3 is 1.77 bits per heavy atom. The standard InChI is InChI=1S/C6H8O5.2Li/c1-3(5(8)9)2-4(7)6(10)11;;/h3H,2H2,1H3,(H,8,9)(H,10,11);;/q;2*+1/p-2/t3-;;/m0../s1. The van der Waals surface area contributed by atoms with Crippen molar-refractivity contribution in [3.63, 3.8) is 0 Å². The van der Waals surface area contributed by atoms with Gasteiger partial charge >= 0.3 is 37.7 Å². The van der Waals surface area contributed by atoms with E-state index in [0.29, 0.717) is 0 Å². The minimum Gasteiger partial charge on any atom is -0.550 e. The number of hydrogen-bond donors (Lipinski definition) is 0. The van der Waals surface area contributed by atoms with Crippen LogP contribution in [0.2, 0.25) is 0 Å². The summed E-state index contributed by atoms with van der Waals surface area (Å²) in [6.45, 7) is 1.19. The molecule has 7 heteroatoms. The molecule has 0 aromatic carbocycles. The van der Waals surface area contributed by atoms with Crippen LogP contribution >= 0.6 is 0 Å². The Labute approximate surface area is 99.2 Å². The van der Waals surface area contributed by atoms with E-state index in [4.69, 9.17) is 0 Å². The fourth-order valence-electron chi connectivity index (χ4n) is 0.445. The summed E-state index contributed by atoms with van der Waals surface area (Å²) in [5.41, 5.74) is 0. The zero-order valence-electron chi connectivity index (χ0n) is 7.83. The Balaban J connectivity index is -0.000000500. The van der Waals surface area contributed by atoms with E-state index in [0.717, 1.165) is 0 Å². The average molecular weight is 172 g/mol. The van der Waals surface area contributed by atoms with Gasteiger partial charge in [0.05, 0.1) is 0 Å². The second-order valence-electron chi connectivity index (χ2n) is 2.13. The summed E-state index contributed by atoms with van der Waals surface area (Å²) in [4.78, 5) is 30.1. The van der Waals surface area contributed by atoms with E-state index in [1.807, 2.05) is 0 Å². The molecule has 13 heavy (non-hydrogen) atoms. The first-order chi connectivity index (χ1) is 4.95. The Morgan fingerprint density at radius 2 is 1.54 bits per heavy atom. The van der Waals surface area contributed by atoms with Crippen LogP contribution in [0.15, 0.2) is 0 Å². The van der Waals surface area contributed by atoms with Crippen LogP contribution in [-0.4, -0.2) is 17.7 Å². The van der Waals surface area contributed by atoms with Gasteiger partial charge in [-0.05, 0) is 0 Å². The van der Waals surface area contributed by atoms with Gasteiger partial charge in [-0.3, -0.25) is 4.79 Å². The molecule has 0 radical (unpaired) electrons. The topological polar surface area (TPSA) is 97.3 Å². The summed E-state index contributed by atoms with van der Waals surface area (Å²) in [5, 5.41) is 19.8. The van der Waals surface area contributed by atoms with Crippen molar-refractivity contribution in [1.29, 1.82) is 0 Å². The van der Waals surface area contributed by atoms with Gasteiger partial charge in [-0.15, -0.1) is 0 Å². The molecular formula is C6H6Li2O5. The van der Waals surface area contributed by atoms with E-state index in [2.05, 4.69) is 0 Å². The van der Waals surface area contributed by atoms with Crippen molar-refractivity contribution in [2.24, 2.45) is 5.92 Å². The van der Waals surface area contributed by atoms with Crippen molar-refractivity contribution in [2.45, 2.75) is 13.3 Å². The summed E-state index contributed by atoms with van der Waals surface area (Å²) in [5.74, 6) is -5.61. The quantitative estimate of drug-likeness (QED) is 0.309. The van der Waals surface area contributed by atoms with E-state index in [-0.39, 0.29) is 37.7 Å². The Bertz CT molecular complexity index is 203. The number of hydrogen-bond acceptors (Lipinski definition) is 5. The fraction of sp³-hybridized carbons (Fsp3) is 0.500. The van der Waals surface area contributed by atoms with Gasteiger partial charge in [0, 0.05) is 18.3 Å². The molecule has 0 unspecified atom stereocenters. The van der Waals surface area contributed by atoms with E-state index in [1.54, 1.807) is 0 Å². The molecule has 0 spiro atoms. The Morgan fingerprint density at radius 1 is 1.15 bits per heavy atom. The third-order valence-corrected chi connectivity index (χ3v) is 1.12. The van der Waals surface area contributed by atoms with Crippen LogP contribution in [0, 0.1) is 5.92 Å². The summed E-state index contributed by atoms with van der Waals surface area (Å²) in [7, 11) is 0. The minimum absolute atomic E-state index is 0. The van der Waals surface area contributed by atoms with Gasteiger partial charge in [0.15, 0.2) is 5.78 Å². The molecule has 0 aliphatic heterocycles. The van der Waals surface area contributed by atoms with E-state index >= 15 is 0 Å². The maximum Gasteiger partial charge on any atom is 1.00 e. The third kappa shape index (κ3) is 8.14. The van der Waals surface area contributed by atoms with Crippen molar-refractivity contribution in [1.82, 2.24) is 0 Å². The maximum atomic E-state index is 10.3. The molecule has 62 valence electrons. The van der Waals surface area contributed by atoms with Gasteiger partial charge in [-0.2, -0.15) is 0 Å². The number of carboxylic acids is 2. The normalized spacial score (nSPS) is 10.2.